The molecule has 0 spiro atoms. The largest absolute Gasteiger partial charge is 0.476 e. The van der Waals surface area contributed by atoms with Crippen molar-refractivity contribution in [3.63, 3.8) is 0 Å². The van der Waals surface area contributed by atoms with Crippen molar-refractivity contribution in [2.24, 2.45) is 0 Å². The molecule has 0 unspecified atom stereocenters. The molecular weight excluding hydrogens is 228 g/mol. The van der Waals surface area contributed by atoms with Crippen molar-refractivity contribution in [2.75, 3.05) is 13.7 Å². The van der Waals surface area contributed by atoms with Crippen LogP contribution in [-0.4, -0.2) is 29.3 Å². The highest BCUT2D eigenvalue weighted by Gasteiger charge is 2.16. The van der Waals surface area contributed by atoms with E-state index in [1.807, 2.05) is 13.8 Å². The molecule has 90 valence electrons. The smallest absolute Gasteiger partial charge is 0.232 e. The van der Waals surface area contributed by atoms with E-state index in [9.17, 15) is 0 Å². The summed E-state index contributed by atoms with van der Waals surface area (Å²) in [6.07, 6.45) is 3.99. The van der Waals surface area contributed by atoms with Gasteiger partial charge in [-0.05, 0) is 13.8 Å². The molecule has 0 aliphatic heterocycles. The van der Waals surface area contributed by atoms with Crippen LogP contribution in [0.2, 0.25) is 0 Å². The topological polar surface area (TPSA) is 44.2 Å². The first-order chi connectivity index (χ1) is 7.57. The van der Waals surface area contributed by atoms with Crippen LogP contribution in [-0.2, 0) is 10.6 Å². The zero-order valence-corrected chi connectivity index (χ0v) is 10.6. The van der Waals surface area contributed by atoms with Crippen molar-refractivity contribution in [3.8, 4) is 5.88 Å². The van der Waals surface area contributed by atoms with Crippen molar-refractivity contribution in [3.05, 3.63) is 18.1 Å². The van der Waals surface area contributed by atoms with Crippen LogP contribution in [0.1, 0.15) is 26.0 Å². The van der Waals surface area contributed by atoms with E-state index in [1.54, 1.807) is 19.5 Å². The molecule has 1 aromatic rings. The van der Waals surface area contributed by atoms with Crippen molar-refractivity contribution in [1.29, 1.82) is 0 Å². The van der Waals surface area contributed by atoms with Crippen LogP contribution in [0.25, 0.3) is 0 Å². The van der Waals surface area contributed by atoms with Crippen LogP contribution in [0.15, 0.2) is 12.4 Å². The highest BCUT2D eigenvalue weighted by molar-refractivity contribution is 6.16. The third-order valence-corrected chi connectivity index (χ3v) is 2.60. The minimum Gasteiger partial charge on any atom is -0.476 e. The van der Waals surface area contributed by atoms with Gasteiger partial charge in [0.1, 0.15) is 0 Å². The van der Waals surface area contributed by atoms with Gasteiger partial charge in [0.05, 0.1) is 36.2 Å². The molecule has 0 atom stereocenters. The number of methoxy groups -OCH3 is 1. The van der Waals surface area contributed by atoms with Crippen molar-refractivity contribution in [2.45, 2.75) is 31.7 Å². The lowest BCUT2D eigenvalue weighted by Crippen LogP contribution is -2.25. The number of rotatable bonds is 6. The lowest BCUT2D eigenvalue weighted by atomic mass is 10.1. The number of alkyl halides is 1. The van der Waals surface area contributed by atoms with Gasteiger partial charge in [0.25, 0.3) is 0 Å². The second kappa shape index (κ2) is 6.01. The summed E-state index contributed by atoms with van der Waals surface area (Å²) in [6.45, 7) is 4.58. The summed E-state index contributed by atoms with van der Waals surface area (Å²) in [4.78, 5) is 8.17. The van der Waals surface area contributed by atoms with Gasteiger partial charge in [-0.1, -0.05) is 0 Å². The molecule has 1 heterocycles. The summed E-state index contributed by atoms with van der Waals surface area (Å²) in [7, 11) is 1.69. The first kappa shape index (κ1) is 13.2. The Morgan fingerprint density at radius 3 is 2.56 bits per heavy atom. The molecule has 0 fully saturated rings. The van der Waals surface area contributed by atoms with Gasteiger partial charge in [-0.15, -0.1) is 11.6 Å². The number of hydrogen-bond acceptors (Lipinski definition) is 4. The van der Waals surface area contributed by atoms with Gasteiger partial charge in [-0.2, -0.15) is 0 Å². The van der Waals surface area contributed by atoms with Crippen LogP contribution >= 0.6 is 11.6 Å². The zero-order chi connectivity index (χ0) is 12.0. The van der Waals surface area contributed by atoms with Gasteiger partial charge in [-0.3, -0.25) is 4.98 Å². The second-order valence-electron chi connectivity index (χ2n) is 4.04. The zero-order valence-electron chi connectivity index (χ0n) is 9.86. The Kier molecular flexibility index (Phi) is 4.96. The van der Waals surface area contributed by atoms with E-state index in [4.69, 9.17) is 21.1 Å². The highest BCUT2D eigenvalue weighted by Crippen LogP contribution is 2.14. The number of ether oxygens (including phenoxy) is 2. The van der Waals surface area contributed by atoms with Crippen molar-refractivity contribution < 1.29 is 9.47 Å². The van der Waals surface area contributed by atoms with Crippen molar-refractivity contribution >= 4 is 11.6 Å². The summed E-state index contributed by atoms with van der Waals surface area (Å²) < 4.78 is 10.7. The summed E-state index contributed by atoms with van der Waals surface area (Å²) >= 11 is 5.60. The van der Waals surface area contributed by atoms with Crippen LogP contribution in [0.3, 0.4) is 0 Å². The van der Waals surface area contributed by atoms with E-state index in [0.29, 0.717) is 18.4 Å². The molecule has 0 radical (unpaired) electrons. The first-order valence-electron chi connectivity index (χ1n) is 5.12. The lowest BCUT2D eigenvalue weighted by molar-refractivity contribution is 0.00505. The van der Waals surface area contributed by atoms with Crippen LogP contribution in [0.4, 0.5) is 0 Å². The third-order valence-electron chi connectivity index (χ3n) is 2.33. The van der Waals surface area contributed by atoms with Crippen molar-refractivity contribution in [1.82, 2.24) is 9.97 Å². The quantitative estimate of drug-likeness (QED) is 0.721. The van der Waals surface area contributed by atoms with E-state index < -0.39 is 0 Å². The molecule has 0 amide bonds. The molecule has 0 saturated heterocycles. The third kappa shape index (κ3) is 4.33. The maximum Gasteiger partial charge on any atom is 0.232 e. The lowest BCUT2D eigenvalue weighted by Gasteiger charge is -2.22. The molecule has 4 nitrogen and oxygen atoms in total. The predicted octanol–water partition coefficient (Wildman–Crippen LogP) is 2.41. The standard InChI is InChI=1S/C11H17ClN2O2/c1-11(2,15-3)4-5-16-10-8-13-9(6-12)7-14-10/h7-8H,4-6H2,1-3H3. The first-order valence-corrected chi connectivity index (χ1v) is 5.66. The molecule has 5 heteroatoms. The van der Waals surface area contributed by atoms with E-state index in [1.165, 1.54) is 0 Å². The number of nitrogens with zero attached hydrogens (tertiary/aromatic N) is 2. The Hall–Kier alpha value is -0.870. The molecule has 16 heavy (non-hydrogen) atoms. The minimum atomic E-state index is -0.177. The van der Waals surface area contributed by atoms with E-state index in [2.05, 4.69) is 9.97 Å². The summed E-state index contributed by atoms with van der Waals surface area (Å²) in [5.41, 5.74) is 0.565. The van der Waals surface area contributed by atoms with Gasteiger partial charge in [0.2, 0.25) is 5.88 Å². The van der Waals surface area contributed by atoms with Crippen LogP contribution < -0.4 is 4.74 Å². The fourth-order valence-corrected chi connectivity index (χ4v) is 1.13. The van der Waals surface area contributed by atoms with Crippen LogP contribution in [0, 0.1) is 0 Å². The molecule has 0 aliphatic carbocycles. The minimum absolute atomic E-state index is 0.177. The van der Waals surface area contributed by atoms with Gasteiger partial charge >= 0.3 is 0 Å². The Labute approximate surface area is 101 Å². The number of hydrogen-bond donors (Lipinski definition) is 0. The highest BCUT2D eigenvalue weighted by atomic mass is 35.5. The average molecular weight is 245 g/mol. The molecule has 0 aliphatic rings. The van der Waals surface area contributed by atoms with E-state index in [-0.39, 0.29) is 5.60 Å². The fourth-order valence-electron chi connectivity index (χ4n) is 0.990. The maximum atomic E-state index is 5.60. The molecule has 1 rings (SSSR count). The summed E-state index contributed by atoms with van der Waals surface area (Å²) in [6, 6.07) is 0. The monoisotopic (exact) mass is 244 g/mol. The SMILES string of the molecule is COC(C)(C)CCOc1cnc(CCl)cn1. The Balaban J connectivity index is 2.37. The fraction of sp³-hybridized carbons (Fsp3) is 0.636. The molecule has 0 aromatic carbocycles. The van der Waals surface area contributed by atoms with Gasteiger partial charge in [0.15, 0.2) is 0 Å². The predicted molar refractivity (Wildman–Crippen MR) is 62.8 cm³/mol. The van der Waals surface area contributed by atoms with E-state index in [0.717, 1.165) is 12.1 Å². The Morgan fingerprint density at radius 1 is 1.31 bits per heavy atom. The maximum absolute atomic E-state index is 5.60. The molecular formula is C11H17ClN2O2. The number of halogens is 1. The Bertz CT molecular complexity index is 314. The van der Waals surface area contributed by atoms with E-state index >= 15 is 0 Å². The van der Waals surface area contributed by atoms with Gasteiger partial charge in [-0.25, -0.2) is 4.98 Å². The molecule has 0 N–H and O–H groups in total. The Morgan fingerprint density at radius 2 is 2.06 bits per heavy atom. The average Bonchev–Trinajstić information content (AvgIpc) is 2.30. The molecule has 1 aromatic heterocycles. The summed E-state index contributed by atoms with van der Waals surface area (Å²) in [5.74, 6) is 0.880. The van der Waals surface area contributed by atoms with Crippen LogP contribution in [0.5, 0.6) is 5.88 Å². The molecule has 0 saturated carbocycles. The molecule has 0 bridgehead atoms. The number of aromatic nitrogens is 2. The van der Waals surface area contributed by atoms with Gasteiger partial charge in [0, 0.05) is 13.5 Å². The van der Waals surface area contributed by atoms with Gasteiger partial charge < -0.3 is 9.47 Å². The normalized spacial score (nSPS) is 11.5. The summed E-state index contributed by atoms with van der Waals surface area (Å²) in [5, 5.41) is 0. The second-order valence-corrected chi connectivity index (χ2v) is 4.31.